The van der Waals surface area contributed by atoms with Crippen LogP contribution >= 0.6 is 11.6 Å². The molecule has 4 N–H and O–H groups in total. The molecule has 0 saturated carbocycles. The molecule has 1 aliphatic heterocycles. The molecule has 10 heteroatoms. The van der Waals surface area contributed by atoms with E-state index in [-0.39, 0.29) is 27.7 Å². The smallest absolute Gasteiger partial charge is 0.363 e. The SMILES string of the molecule is Cc1cc(/C=C2/N=C(c3cc(O)c(O)c(O)c3)OC2=O)c(C)n1-c1ccc(Cl)c(C(=O)O)c1. The number of aromatic nitrogens is 1. The van der Waals surface area contributed by atoms with E-state index in [1.165, 1.54) is 18.2 Å². The van der Waals surface area contributed by atoms with Gasteiger partial charge in [-0.2, -0.15) is 0 Å². The van der Waals surface area contributed by atoms with Crippen LogP contribution in [0.25, 0.3) is 11.8 Å². The van der Waals surface area contributed by atoms with Gasteiger partial charge in [-0.05, 0) is 61.9 Å². The van der Waals surface area contributed by atoms with E-state index in [4.69, 9.17) is 16.3 Å². The first-order valence-corrected chi connectivity index (χ1v) is 9.94. The number of aliphatic imine (C=N–C) groups is 1. The molecule has 0 spiro atoms. The minimum absolute atomic E-state index is 0.0142. The van der Waals surface area contributed by atoms with Gasteiger partial charge in [0.05, 0.1) is 10.6 Å². The van der Waals surface area contributed by atoms with Crippen LogP contribution in [0.1, 0.15) is 32.9 Å². The number of hydrogen-bond donors (Lipinski definition) is 4. The Hall–Kier alpha value is -4.24. The summed E-state index contributed by atoms with van der Waals surface area (Å²) in [7, 11) is 0. The predicted molar refractivity (Wildman–Crippen MR) is 119 cm³/mol. The van der Waals surface area contributed by atoms with Gasteiger partial charge in [-0.1, -0.05) is 11.6 Å². The number of carbonyl (C=O) groups is 2. The van der Waals surface area contributed by atoms with Crippen molar-refractivity contribution in [1.29, 1.82) is 0 Å². The summed E-state index contributed by atoms with van der Waals surface area (Å²) in [6.45, 7) is 3.63. The van der Waals surface area contributed by atoms with E-state index >= 15 is 0 Å². The number of carboxylic acids is 1. The van der Waals surface area contributed by atoms with Crippen LogP contribution in [0.3, 0.4) is 0 Å². The van der Waals surface area contributed by atoms with E-state index in [1.54, 1.807) is 19.1 Å². The fraction of sp³-hybridized carbons (Fsp3) is 0.0870. The van der Waals surface area contributed by atoms with Gasteiger partial charge in [-0.15, -0.1) is 0 Å². The van der Waals surface area contributed by atoms with Crippen LogP contribution in [0.2, 0.25) is 5.02 Å². The summed E-state index contributed by atoms with van der Waals surface area (Å²) in [6.07, 6.45) is 1.52. The summed E-state index contributed by atoms with van der Waals surface area (Å²) in [5.74, 6) is -3.90. The molecule has 0 unspecified atom stereocenters. The lowest BCUT2D eigenvalue weighted by atomic mass is 10.2. The van der Waals surface area contributed by atoms with Gasteiger partial charge in [0, 0.05) is 22.6 Å². The Labute approximate surface area is 192 Å². The minimum atomic E-state index is -1.14. The maximum Gasteiger partial charge on any atom is 0.363 e. The third-order valence-electron chi connectivity index (χ3n) is 5.14. The molecule has 0 radical (unpaired) electrons. The Kier molecular flexibility index (Phi) is 5.35. The lowest BCUT2D eigenvalue weighted by molar-refractivity contribution is -0.129. The number of aromatic hydroxyl groups is 3. The quantitative estimate of drug-likeness (QED) is 0.258. The highest BCUT2D eigenvalue weighted by Gasteiger charge is 2.26. The molecule has 0 saturated heterocycles. The van der Waals surface area contributed by atoms with Crippen molar-refractivity contribution in [2.45, 2.75) is 13.8 Å². The molecular formula is C23H17ClN2O7. The maximum atomic E-state index is 12.4. The Morgan fingerprint density at radius 3 is 2.39 bits per heavy atom. The van der Waals surface area contributed by atoms with Crippen molar-refractivity contribution in [3.63, 3.8) is 0 Å². The largest absolute Gasteiger partial charge is 0.504 e. The number of ether oxygens (including phenoxy) is 1. The maximum absolute atomic E-state index is 12.4. The zero-order valence-electron chi connectivity index (χ0n) is 17.3. The van der Waals surface area contributed by atoms with E-state index < -0.39 is 29.2 Å². The number of phenolic OH excluding ortho intramolecular Hbond substituents is 3. The van der Waals surface area contributed by atoms with Gasteiger partial charge < -0.3 is 29.7 Å². The Morgan fingerprint density at radius 2 is 1.76 bits per heavy atom. The summed E-state index contributed by atoms with van der Waals surface area (Å²) in [5.41, 5.74) is 2.79. The van der Waals surface area contributed by atoms with Gasteiger partial charge in [0.15, 0.2) is 22.9 Å². The number of cyclic esters (lactones) is 1. The third kappa shape index (κ3) is 3.90. The fourth-order valence-corrected chi connectivity index (χ4v) is 3.75. The Bertz CT molecular complexity index is 1380. The van der Waals surface area contributed by atoms with Crippen molar-refractivity contribution in [2.24, 2.45) is 4.99 Å². The van der Waals surface area contributed by atoms with Crippen LogP contribution in [0.5, 0.6) is 17.2 Å². The number of benzene rings is 2. The number of aryl methyl sites for hydroxylation is 1. The summed E-state index contributed by atoms with van der Waals surface area (Å²) < 4.78 is 6.97. The highest BCUT2D eigenvalue weighted by molar-refractivity contribution is 6.33. The standard InChI is InChI=1S/C23H17ClN2O7/c1-10-5-12(11(2)26(10)14-3-4-16(24)15(9-14)22(30)31)6-17-23(32)33-21(25-17)13-7-18(27)20(29)19(28)8-13/h3-9,27-29H,1-2H3,(H,30,31)/b17-6+. The van der Waals surface area contributed by atoms with Gasteiger partial charge >= 0.3 is 11.9 Å². The first kappa shape index (κ1) is 22.0. The number of halogens is 1. The number of carboxylic acid groups (broad SMARTS) is 1. The van der Waals surface area contributed by atoms with Crippen molar-refractivity contribution in [3.8, 4) is 22.9 Å². The van der Waals surface area contributed by atoms with Crippen molar-refractivity contribution >= 4 is 35.5 Å². The second kappa shape index (κ2) is 8.03. The number of rotatable bonds is 4. The molecule has 9 nitrogen and oxygen atoms in total. The average molecular weight is 469 g/mol. The first-order chi connectivity index (χ1) is 15.6. The second-order valence-electron chi connectivity index (χ2n) is 7.33. The molecule has 1 aromatic heterocycles. The third-order valence-corrected chi connectivity index (χ3v) is 5.47. The van der Waals surface area contributed by atoms with Crippen molar-refractivity contribution < 1.29 is 34.8 Å². The highest BCUT2D eigenvalue weighted by Crippen LogP contribution is 2.36. The lowest BCUT2D eigenvalue weighted by Gasteiger charge is -2.11. The zero-order valence-corrected chi connectivity index (χ0v) is 18.1. The van der Waals surface area contributed by atoms with Crippen molar-refractivity contribution in [1.82, 2.24) is 4.57 Å². The van der Waals surface area contributed by atoms with Gasteiger partial charge in [0.1, 0.15) is 0 Å². The van der Waals surface area contributed by atoms with Gasteiger partial charge in [0.25, 0.3) is 0 Å². The van der Waals surface area contributed by atoms with E-state index in [9.17, 15) is 30.0 Å². The number of nitrogens with zero attached hydrogens (tertiary/aromatic N) is 2. The molecule has 2 heterocycles. The summed E-state index contributed by atoms with van der Waals surface area (Å²) in [5, 5.41) is 38.3. The van der Waals surface area contributed by atoms with Crippen molar-refractivity contribution in [2.75, 3.05) is 0 Å². The monoisotopic (exact) mass is 468 g/mol. The van der Waals surface area contributed by atoms with Crippen LogP contribution in [0.15, 0.2) is 47.1 Å². The molecule has 4 rings (SSSR count). The Morgan fingerprint density at radius 1 is 1.09 bits per heavy atom. The molecule has 0 atom stereocenters. The predicted octanol–water partition coefficient (Wildman–Crippen LogP) is 3.91. The molecule has 3 aromatic rings. The molecule has 0 aliphatic carbocycles. The topological polar surface area (TPSA) is 142 Å². The number of esters is 1. The molecule has 33 heavy (non-hydrogen) atoms. The van der Waals surface area contributed by atoms with Crippen LogP contribution < -0.4 is 0 Å². The Balaban J connectivity index is 1.74. The number of aromatic carboxylic acids is 1. The van der Waals surface area contributed by atoms with E-state index in [0.717, 1.165) is 23.5 Å². The molecule has 1 aliphatic rings. The average Bonchev–Trinajstić information content (AvgIpc) is 3.25. The lowest BCUT2D eigenvalue weighted by Crippen LogP contribution is -2.05. The molecular weight excluding hydrogens is 452 g/mol. The molecule has 168 valence electrons. The summed E-state index contributed by atoms with van der Waals surface area (Å²) in [6, 6.07) is 8.68. The molecule has 2 aromatic carbocycles. The summed E-state index contributed by atoms with van der Waals surface area (Å²) in [4.78, 5) is 27.9. The van der Waals surface area contributed by atoms with Crippen LogP contribution in [-0.2, 0) is 9.53 Å². The molecule has 0 amide bonds. The highest BCUT2D eigenvalue weighted by atomic mass is 35.5. The molecule has 0 bridgehead atoms. The van der Waals surface area contributed by atoms with E-state index in [0.29, 0.717) is 11.3 Å². The fourth-order valence-electron chi connectivity index (χ4n) is 3.55. The second-order valence-corrected chi connectivity index (χ2v) is 7.74. The van der Waals surface area contributed by atoms with Crippen LogP contribution in [0.4, 0.5) is 0 Å². The van der Waals surface area contributed by atoms with E-state index in [1.807, 2.05) is 11.5 Å². The first-order valence-electron chi connectivity index (χ1n) is 9.57. The van der Waals surface area contributed by atoms with E-state index in [2.05, 4.69) is 4.99 Å². The zero-order chi connectivity index (χ0) is 24.0. The van der Waals surface area contributed by atoms with Gasteiger partial charge in [-0.25, -0.2) is 14.6 Å². The van der Waals surface area contributed by atoms with Crippen LogP contribution in [-0.4, -0.2) is 42.8 Å². The van der Waals surface area contributed by atoms with Crippen molar-refractivity contribution in [3.05, 3.63) is 75.2 Å². The van der Waals surface area contributed by atoms with Crippen LogP contribution in [0, 0.1) is 13.8 Å². The normalized spacial score (nSPS) is 14.5. The number of hydrogen-bond acceptors (Lipinski definition) is 7. The number of carbonyl (C=O) groups excluding carboxylic acids is 1. The van der Waals surface area contributed by atoms with Gasteiger partial charge in [0.2, 0.25) is 5.90 Å². The number of phenols is 3. The minimum Gasteiger partial charge on any atom is -0.504 e. The van der Waals surface area contributed by atoms with Gasteiger partial charge in [-0.3, -0.25) is 0 Å². The summed E-state index contributed by atoms with van der Waals surface area (Å²) >= 11 is 5.97. The molecule has 0 fully saturated rings.